The zero-order valence-electron chi connectivity index (χ0n) is 5.76. The number of rotatable bonds is 1. The largest absolute Gasteiger partial charge is 0.397 e. The highest BCUT2D eigenvalue weighted by Gasteiger charge is 1.94. The highest BCUT2D eigenvalue weighted by Crippen LogP contribution is 2.21. The molecule has 0 fully saturated rings. The van der Waals surface area contributed by atoms with Gasteiger partial charge < -0.3 is 5.73 Å². The highest BCUT2D eigenvalue weighted by molar-refractivity contribution is 5.62. The SMILES string of the molecule is Cc1ccc(N)c(N=N)c1.[HH]. The van der Waals surface area contributed by atoms with Crippen LogP contribution in [0.25, 0.3) is 0 Å². The van der Waals surface area contributed by atoms with Crippen molar-refractivity contribution in [2.24, 2.45) is 5.11 Å². The molecular weight excluding hydrogens is 126 g/mol. The van der Waals surface area contributed by atoms with Crippen molar-refractivity contribution in [3.05, 3.63) is 23.8 Å². The van der Waals surface area contributed by atoms with Gasteiger partial charge in [-0.2, -0.15) is 5.11 Å². The first-order valence-corrected chi connectivity index (χ1v) is 2.97. The van der Waals surface area contributed by atoms with E-state index in [-0.39, 0.29) is 1.43 Å². The molecular formula is C7H11N3. The lowest BCUT2D eigenvalue weighted by Crippen LogP contribution is -1.84. The van der Waals surface area contributed by atoms with Gasteiger partial charge in [0, 0.05) is 1.43 Å². The van der Waals surface area contributed by atoms with E-state index in [0.29, 0.717) is 11.4 Å². The summed E-state index contributed by atoms with van der Waals surface area (Å²) in [5.41, 5.74) is 14.4. The van der Waals surface area contributed by atoms with Crippen molar-refractivity contribution in [3.63, 3.8) is 0 Å². The Morgan fingerprint density at radius 2 is 2.30 bits per heavy atom. The first-order valence-electron chi connectivity index (χ1n) is 2.97. The number of nitrogen functional groups attached to an aromatic ring is 1. The molecule has 0 saturated heterocycles. The van der Waals surface area contributed by atoms with E-state index < -0.39 is 0 Å². The lowest BCUT2D eigenvalue weighted by Gasteiger charge is -1.97. The molecule has 0 bridgehead atoms. The standard InChI is InChI=1S/C7H9N3.H2/c1-5-2-3-6(8)7(4-5)10-9;/h2-4,9H,8H2,1H3;1H. The van der Waals surface area contributed by atoms with Gasteiger partial charge in [0.05, 0.1) is 5.69 Å². The monoisotopic (exact) mass is 137 g/mol. The Labute approximate surface area is 60.9 Å². The average Bonchev–Trinajstić information content (AvgIpc) is 1.94. The Kier molecular flexibility index (Phi) is 1.67. The topological polar surface area (TPSA) is 62.2 Å². The van der Waals surface area contributed by atoms with Crippen molar-refractivity contribution in [2.75, 3.05) is 5.73 Å². The predicted octanol–water partition coefficient (Wildman–Crippen LogP) is 2.49. The van der Waals surface area contributed by atoms with E-state index >= 15 is 0 Å². The minimum Gasteiger partial charge on any atom is -0.397 e. The van der Waals surface area contributed by atoms with Gasteiger partial charge in [0.15, 0.2) is 0 Å². The molecule has 10 heavy (non-hydrogen) atoms. The van der Waals surface area contributed by atoms with Gasteiger partial charge >= 0.3 is 0 Å². The summed E-state index contributed by atoms with van der Waals surface area (Å²) in [6, 6.07) is 5.43. The van der Waals surface area contributed by atoms with Gasteiger partial charge in [-0.1, -0.05) is 6.07 Å². The molecule has 1 aromatic rings. The Hall–Kier alpha value is -1.38. The minimum absolute atomic E-state index is 0. The van der Waals surface area contributed by atoms with E-state index in [4.69, 9.17) is 11.3 Å². The van der Waals surface area contributed by atoms with E-state index in [9.17, 15) is 0 Å². The maximum absolute atomic E-state index is 6.73. The van der Waals surface area contributed by atoms with E-state index in [1.165, 1.54) is 0 Å². The van der Waals surface area contributed by atoms with Crippen LogP contribution in [0.1, 0.15) is 6.99 Å². The van der Waals surface area contributed by atoms with Crippen LogP contribution in [-0.2, 0) is 0 Å². The molecule has 0 aliphatic carbocycles. The molecule has 0 aliphatic rings. The number of nitrogens with zero attached hydrogens (tertiary/aromatic N) is 1. The Bertz CT molecular complexity index is 260. The molecule has 0 aliphatic heterocycles. The van der Waals surface area contributed by atoms with E-state index in [0.717, 1.165) is 5.56 Å². The molecule has 0 radical (unpaired) electrons. The third-order valence-corrected chi connectivity index (χ3v) is 1.31. The van der Waals surface area contributed by atoms with Crippen LogP contribution in [0.5, 0.6) is 0 Å². The summed E-state index contributed by atoms with van der Waals surface area (Å²) in [4.78, 5) is 0. The van der Waals surface area contributed by atoms with E-state index in [2.05, 4.69) is 5.11 Å². The van der Waals surface area contributed by atoms with Gasteiger partial charge in [-0.25, -0.2) is 5.53 Å². The normalized spacial score (nSPS) is 9.30. The molecule has 0 aromatic heterocycles. The fourth-order valence-electron chi connectivity index (χ4n) is 0.751. The van der Waals surface area contributed by atoms with Crippen LogP contribution in [-0.4, -0.2) is 0 Å². The number of hydrogen-bond acceptors (Lipinski definition) is 3. The third kappa shape index (κ3) is 1.13. The molecule has 1 aromatic carbocycles. The summed E-state index contributed by atoms with van der Waals surface area (Å²) in [6.07, 6.45) is 0. The van der Waals surface area contributed by atoms with Crippen LogP contribution in [0.15, 0.2) is 23.3 Å². The molecule has 0 heterocycles. The lowest BCUT2D eigenvalue weighted by atomic mass is 10.2. The summed E-state index contributed by atoms with van der Waals surface area (Å²) in [5.74, 6) is 0. The van der Waals surface area contributed by atoms with Crippen molar-refractivity contribution in [3.8, 4) is 0 Å². The number of anilines is 1. The van der Waals surface area contributed by atoms with Crippen LogP contribution in [0.4, 0.5) is 11.4 Å². The average molecular weight is 137 g/mol. The second kappa shape index (κ2) is 2.47. The van der Waals surface area contributed by atoms with Crippen molar-refractivity contribution < 1.29 is 1.43 Å². The number of hydrogen-bond donors (Lipinski definition) is 2. The summed E-state index contributed by atoms with van der Waals surface area (Å²) >= 11 is 0. The van der Waals surface area contributed by atoms with Gasteiger partial charge in [-0.15, -0.1) is 0 Å². The summed E-state index contributed by atoms with van der Waals surface area (Å²) in [5, 5.41) is 3.26. The van der Waals surface area contributed by atoms with Gasteiger partial charge in [0.25, 0.3) is 0 Å². The third-order valence-electron chi connectivity index (χ3n) is 1.31. The summed E-state index contributed by atoms with van der Waals surface area (Å²) in [7, 11) is 0. The summed E-state index contributed by atoms with van der Waals surface area (Å²) in [6.45, 7) is 1.94. The predicted molar refractivity (Wildman–Crippen MR) is 42.5 cm³/mol. The molecule has 3 heteroatoms. The molecule has 0 atom stereocenters. The van der Waals surface area contributed by atoms with E-state index in [1.807, 2.05) is 13.0 Å². The van der Waals surface area contributed by atoms with Gasteiger partial charge in [0.2, 0.25) is 0 Å². The van der Waals surface area contributed by atoms with Crippen molar-refractivity contribution in [1.82, 2.24) is 0 Å². The van der Waals surface area contributed by atoms with E-state index in [1.54, 1.807) is 12.1 Å². The molecule has 0 saturated carbocycles. The maximum Gasteiger partial charge on any atom is 0.108 e. The van der Waals surface area contributed by atoms with Crippen LogP contribution in [0.2, 0.25) is 0 Å². The molecule has 3 nitrogen and oxygen atoms in total. The second-order valence-corrected chi connectivity index (χ2v) is 2.17. The Morgan fingerprint density at radius 3 is 2.80 bits per heavy atom. The molecule has 0 unspecified atom stereocenters. The number of nitrogens with one attached hydrogen (secondary N) is 1. The van der Waals surface area contributed by atoms with Crippen LogP contribution < -0.4 is 5.73 Å². The van der Waals surface area contributed by atoms with Crippen molar-refractivity contribution in [1.29, 1.82) is 5.53 Å². The molecule has 0 spiro atoms. The zero-order valence-corrected chi connectivity index (χ0v) is 5.76. The van der Waals surface area contributed by atoms with Crippen LogP contribution in [0.3, 0.4) is 0 Å². The molecule has 0 amide bonds. The first-order chi connectivity index (χ1) is 4.74. The van der Waals surface area contributed by atoms with Crippen LogP contribution in [0, 0.1) is 12.5 Å². The fraction of sp³-hybridized carbons (Fsp3) is 0.143. The minimum atomic E-state index is 0. The fourth-order valence-corrected chi connectivity index (χ4v) is 0.751. The Balaban J connectivity index is 0.000001000. The van der Waals surface area contributed by atoms with Gasteiger partial charge in [-0.3, -0.25) is 0 Å². The number of nitrogens with two attached hydrogens (primary N) is 1. The lowest BCUT2D eigenvalue weighted by molar-refractivity contribution is 1.15. The van der Waals surface area contributed by atoms with Crippen molar-refractivity contribution in [2.45, 2.75) is 6.92 Å². The first kappa shape index (κ1) is 6.74. The molecule has 3 N–H and O–H groups in total. The molecule has 1 rings (SSSR count). The molecule has 54 valence electrons. The zero-order chi connectivity index (χ0) is 7.56. The van der Waals surface area contributed by atoms with Crippen molar-refractivity contribution >= 4 is 11.4 Å². The highest BCUT2D eigenvalue weighted by atomic mass is 15.0. The van der Waals surface area contributed by atoms with Crippen LogP contribution >= 0.6 is 0 Å². The number of aryl methyl sites for hydroxylation is 1. The number of benzene rings is 1. The Morgan fingerprint density at radius 1 is 1.60 bits per heavy atom. The summed E-state index contributed by atoms with van der Waals surface area (Å²) < 4.78 is 0. The smallest absolute Gasteiger partial charge is 0.108 e. The second-order valence-electron chi connectivity index (χ2n) is 2.17. The van der Waals surface area contributed by atoms with Gasteiger partial charge in [-0.05, 0) is 24.6 Å². The quantitative estimate of drug-likeness (QED) is 0.453. The van der Waals surface area contributed by atoms with Gasteiger partial charge in [0.1, 0.15) is 5.69 Å². The maximum atomic E-state index is 6.73.